The Kier molecular flexibility index (Phi) is 6.74. The zero-order chi connectivity index (χ0) is 24.5. The first-order valence-corrected chi connectivity index (χ1v) is 11.0. The molecule has 4 rings (SSSR count). The van der Waals surface area contributed by atoms with Gasteiger partial charge in [-0.05, 0) is 31.4 Å². The van der Waals surface area contributed by atoms with Crippen LogP contribution in [0.1, 0.15) is 40.1 Å². The molecule has 0 unspecified atom stereocenters. The molecular weight excluding hydrogens is 449 g/mol. The van der Waals surface area contributed by atoms with E-state index in [0.29, 0.717) is 60.7 Å². The Morgan fingerprint density at radius 1 is 1.15 bits per heavy atom. The average molecular weight is 476 g/mol. The topological polar surface area (TPSA) is 63.9 Å². The minimum Gasteiger partial charge on any atom is -0.496 e. The van der Waals surface area contributed by atoms with E-state index in [4.69, 9.17) is 13.9 Å². The molecule has 1 saturated heterocycles. The van der Waals surface area contributed by atoms with Crippen molar-refractivity contribution in [3.63, 3.8) is 0 Å². The lowest BCUT2D eigenvalue weighted by atomic mass is 10.0. The van der Waals surface area contributed by atoms with Crippen molar-refractivity contribution in [3.05, 3.63) is 58.8 Å². The second kappa shape index (κ2) is 9.58. The van der Waals surface area contributed by atoms with Crippen molar-refractivity contribution < 1.29 is 31.9 Å². The summed E-state index contributed by atoms with van der Waals surface area (Å²) < 4.78 is 55.4. The van der Waals surface area contributed by atoms with Crippen LogP contribution in [0.4, 0.5) is 13.2 Å². The number of piperidine rings is 1. The number of likely N-dealkylation sites (tertiary alicyclic amines) is 1. The Hall–Kier alpha value is -3.20. The largest absolute Gasteiger partial charge is 0.496 e. The van der Waals surface area contributed by atoms with Crippen LogP contribution in [0.3, 0.4) is 0 Å². The predicted molar refractivity (Wildman–Crippen MR) is 121 cm³/mol. The normalized spacial score (nSPS) is 15.5. The summed E-state index contributed by atoms with van der Waals surface area (Å²) in [6, 6.07) is 8.83. The first-order chi connectivity index (χ1) is 16.2. The molecule has 1 aromatic heterocycles. The fourth-order valence-electron chi connectivity index (χ4n) is 4.40. The van der Waals surface area contributed by atoms with E-state index >= 15 is 0 Å². The number of alkyl halides is 3. The van der Waals surface area contributed by atoms with E-state index in [1.807, 2.05) is 6.92 Å². The van der Waals surface area contributed by atoms with Gasteiger partial charge in [-0.2, -0.15) is 13.2 Å². The summed E-state index contributed by atoms with van der Waals surface area (Å²) in [4.78, 5) is 15.1. The number of amides is 1. The monoisotopic (exact) mass is 476 g/mol. The molecule has 1 fully saturated rings. The molecule has 1 aliphatic heterocycles. The number of fused-ring (bicyclic) bond motifs is 1. The quantitative estimate of drug-likeness (QED) is 0.532. The van der Waals surface area contributed by atoms with Crippen LogP contribution in [-0.2, 0) is 12.7 Å². The highest BCUT2D eigenvalue weighted by molar-refractivity contribution is 6.01. The number of rotatable bonds is 6. The number of ether oxygens (including phenoxy) is 2. The van der Waals surface area contributed by atoms with E-state index in [1.165, 1.54) is 12.1 Å². The number of carbonyl (C=O) groups excluding carboxylic acids is 1. The van der Waals surface area contributed by atoms with Gasteiger partial charge in [-0.1, -0.05) is 18.2 Å². The number of hydrogen-bond donors (Lipinski definition) is 1. The van der Waals surface area contributed by atoms with E-state index < -0.39 is 11.7 Å². The third-order valence-electron chi connectivity index (χ3n) is 6.21. The number of benzene rings is 2. The van der Waals surface area contributed by atoms with Crippen molar-refractivity contribution in [2.75, 3.05) is 27.3 Å². The van der Waals surface area contributed by atoms with Gasteiger partial charge in [0.1, 0.15) is 17.1 Å². The van der Waals surface area contributed by atoms with Crippen LogP contribution in [0, 0.1) is 6.92 Å². The van der Waals surface area contributed by atoms with Gasteiger partial charge >= 0.3 is 6.18 Å². The predicted octanol–water partition coefficient (Wildman–Crippen LogP) is 5.17. The van der Waals surface area contributed by atoms with Crippen molar-refractivity contribution in [2.45, 2.75) is 38.5 Å². The molecule has 0 atom stereocenters. The van der Waals surface area contributed by atoms with Crippen molar-refractivity contribution in [3.8, 4) is 11.5 Å². The Bertz CT molecular complexity index is 1180. The lowest BCUT2D eigenvalue weighted by Crippen LogP contribution is -2.44. The maximum atomic E-state index is 13.0. The van der Waals surface area contributed by atoms with Crippen molar-refractivity contribution in [1.29, 1.82) is 0 Å². The van der Waals surface area contributed by atoms with Crippen molar-refractivity contribution in [2.24, 2.45) is 0 Å². The number of aryl methyl sites for hydroxylation is 1. The fourth-order valence-corrected chi connectivity index (χ4v) is 4.40. The van der Waals surface area contributed by atoms with Gasteiger partial charge in [0.25, 0.3) is 5.91 Å². The standard InChI is InChI=1S/C25H27F3N2O4/c1-15-22-20(33-3)12-19(32-2)13-21(22)34-23(15)24(31)29-18-7-9-30(10-8-18)14-16-5-4-6-17(11-16)25(26,27)28/h4-6,11-13,18H,7-10,14H2,1-3H3,(H,29,31). The second-order valence-electron chi connectivity index (χ2n) is 8.48. The van der Waals surface area contributed by atoms with Crippen LogP contribution in [0.15, 0.2) is 40.8 Å². The lowest BCUT2D eigenvalue weighted by Gasteiger charge is -2.32. The number of nitrogens with one attached hydrogen (secondary N) is 1. The van der Waals surface area contributed by atoms with Crippen LogP contribution < -0.4 is 14.8 Å². The first-order valence-electron chi connectivity index (χ1n) is 11.0. The average Bonchev–Trinajstić information content (AvgIpc) is 3.16. The third-order valence-corrected chi connectivity index (χ3v) is 6.21. The number of hydrogen-bond acceptors (Lipinski definition) is 5. The summed E-state index contributed by atoms with van der Waals surface area (Å²) in [5.41, 5.74) is 1.19. The number of furan rings is 1. The van der Waals surface area contributed by atoms with Crippen LogP contribution >= 0.6 is 0 Å². The Morgan fingerprint density at radius 2 is 1.88 bits per heavy atom. The van der Waals surface area contributed by atoms with E-state index in [9.17, 15) is 18.0 Å². The highest BCUT2D eigenvalue weighted by Crippen LogP contribution is 2.37. The van der Waals surface area contributed by atoms with Gasteiger partial charge in [0.05, 0.1) is 25.2 Å². The molecule has 9 heteroatoms. The Labute approximate surface area is 195 Å². The van der Waals surface area contributed by atoms with E-state index in [0.717, 1.165) is 11.5 Å². The number of methoxy groups -OCH3 is 2. The van der Waals surface area contributed by atoms with Crippen LogP contribution in [0.5, 0.6) is 11.5 Å². The molecular formula is C25H27F3N2O4. The smallest absolute Gasteiger partial charge is 0.416 e. The van der Waals surface area contributed by atoms with Gasteiger partial charge in [0, 0.05) is 43.4 Å². The first kappa shape index (κ1) is 23.9. The highest BCUT2D eigenvalue weighted by atomic mass is 19.4. The Balaban J connectivity index is 1.39. The summed E-state index contributed by atoms with van der Waals surface area (Å²) in [7, 11) is 3.09. The van der Waals surface area contributed by atoms with Gasteiger partial charge in [0.15, 0.2) is 5.76 Å². The second-order valence-corrected chi connectivity index (χ2v) is 8.48. The van der Waals surface area contributed by atoms with Crippen molar-refractivity contribution in [1.82, 2.24) is 10.2 Å². The van der Waals surface area contributed by atoms with Crippen LogP contribution in [0.2, 0.25) is 0 Å². The number of nitrogens with zero attached hydrogens (tertiary/aromatic N) is 1. The minimum absolute atomic E-state index is 0.0469. The van der Waals surface area contributed by atoms with Gasteiger partial charge < -0.3 is 19.2 Å². The summed E-state index contributed by atoms with van der Waals surface area (Å²) in [5.74, 6) is 1.06. The molecule has 1 N–H and O–H groups in total. The van der Waals surface area contributed by atoms with Gasteiger partial charge in [0.2, 0.25) is 0 Å². The zero-order valence-electron chi connectivity index (χ0n) is 19.3. The number of carbonyl (C=O) groups is 1. The van der Waals surface area contributed by atoms with Crippen molar-refractivity contribution >= 4 is 16.9 Å². The van der Waals surface area contributed by atoms with Crippen LogP contribution in [0.25, 0.3) is 11.0 Å². The summed E-state index contributed by atoms with van der Waals surface area (Å²) in [6.45, 7) is 3.60. The maximum Gasteiger partial charge on any atom is 0.416 e. The summed E-state index contributed by atoms with van der Waals surface area (Å²) >= 11 is 0. The molecule has 0 spiro atoms. The van der Waals surface area contributed by atoms with E-state index in [-0.39, 0.29) is 17.7 Å². The third kappa shape index (κ3) is 4.99. The molecule has 182 valence electrons. The SMILES string of the molecule is COc1cc(OC)c2c(C)c(C(=O)NC3CCN(Cc4cccc(C(F)(F)F)c4)CC3)oc2c1. The zero-order valence-corrected chi connectivity index (χ0v) is 19.3. The van der Waals surface area contributed by atoms with Gasteiger partial charge in [-0.25, -0.2) is 0 Å². The summed E-state index contributed by atoms with van der Waals surface area (Å²) in [6.07, 6.45) is -2.96. The van der Waals surface area contributed by atoms with E-state index in [2.05, 4.69) is 10.2 Å². The molecule has 6 nitrogen and oxygen atoms in total. The molecule has 2 heterocycles. The molecule has 3 aromatic rings. The minimum atomic E-state index is -4.35. The van der Waals surface area contributed by atoms with Gasteiger partial charge in [-0.15, -0.1) is 0 Å². The molecule has 1 amide bonds. The molecule has 0 aliphatic carbocycles. The molecule has 34 heavy (non-hydrogen) atoms. The molecule has 0 radical (unpaired) electrons. The Morgan fingerprint density at radius 3 is 2.53 bits per heavy atom. The number of halogens is 3. The lowest BCUT2D eigenvalue weighted by molar-refractivity contribution is -0.137. The molecule has 0 bridgehead atoms. The fraction of sp³-hybridized carbons (Fsp3) is 0.400. The highest BCUT2D eigenvalue weighted by Gasteiger charge is 2.31. The van der Waals surface area contributed by atoms with Gasteiger partial charge in [-0.3, -0.25) is 9.69 Å². The molecule has 0 saturated carbocycles. The molecule has 2 aromatic carbocycles. The summed E-state index contributed by atoms with van der Waals surface area (Å²) in [5, 5.41) is 3.76. The maximum absolute atomic E-state index is 13.0. The van der Waals surface area contributed by atoms with E-state index in [1.54, 1.807) is 32.4 Å². The molecule has 1 aliphatic rings. The van der Waals surface area contributed by atoms with Crippen LogP contribution in [-0.4, -0.2) is 44.2 Å².